The van der Waals surface area contributed by atoms with Gasteiger partial charge in [0.25, 0.3) is 0 Å². The molecule has 1 atom stereocenters. The lowest BCUT2D eigenvalue weighted by Crippen LogP contribution is -2.04. The van der Waals surface area contributed by atoms with Crippen LogP contribution >= 0.6 is 21.6 Å². The van der Waals surface area contributed by atoms with Gasteiger partial charge in [-0.2, -0.15) is 0 Å². The molecule has 0 heterocycles. The van der Waals surface area contributed by atoms with Gasteiger partial charge in [-0.15, -0.1) is 0 Å². The Hall–Kier alpha value is -1.08. The van der Waals surface area contributed by atoms with Gasteiger partial charge in [0.1, 0.15) is 17.3 Å². The number of methoxy groups -OCH3 is 1. The normalized spacial score (nSPS) is 12.5. The number of benzene rings is 2. The summed E-state index contributed by atoms with van der Waals surface area (Å²) >= 11 is -1.04. The van der Waals surface area contributed by atoms with Crippen LogP contribution in [0.3, 0.4) is 0 Å². The summed E-state index contributed by atoms with van der Waals surface area (Å²) in [5.74, 6) is 1.83. The Balaban J connectivity index is 1.68. The highest BCUT2D eigenvalue weighted by atomic mass is 33.1. The van der Waals surface area contributed by atoms with Crippen LogP contribution in [0.25, 0.3) is 0 Å². The van der Waals surface area contributed by atoms with Crippen molar-refractivity contribution in [3.63, 3.8) is 0 Å². The molecular weight excluding hydrogens is 351 g/mol. The van der Waals surface area contributed by atoms with Crippen LogP contribution < -0.4 is 4.74 Å². The molecule has 0 aliphatic carbocycles. The Labute approximate surface area is 147 Å². The first kappa shape index (κ1) is 18.3. The van der Waals surface area contributed by atoms with E-state index in [9.17, 15) is 8.94 Å². The fourth-order valence-electron chi connectivity index (χ4n) is 1.71. The van der Waals surface area contributed by atoms with Crippen molar-refractivity contribution in [2.24, 2.45) is 0 Å². The first-order valence-electron chi connectivity index (χ1n) is 6.89. The minimum Gasteiger partial charge on any atom is -0.611 e. The van der Waals surface area contributed by atoms with E-state index in [1.165, 1.54) is 12.1 Å². The van der Waals surface area contributed by atoms with Crippen LogP contribution in [0.1, 0.15) is 5.56 Å². The zero-order valence-corrected chi connectivity index (χ0v) is 15.1. The Morgan fingerprint density at radius 2 is 1.83 bits per heavy atom. The molecule has 0 radical (unpaired) electrons. The Kier molecular flexibility index (Phi) is 7.88. The number of halogens is 1. The lowest BCUT2D eigenvalue weighted by Gasteiger charge is -2.08. The molecule has 0 bridgehead atoms. The number of ether oxygens (including phenoxy) is 1. The molecular formula is C17H17FO2S3. The molecule has 0 spiro atoms. The molecule has 2 rings (SSSR count). The molecule has 6 heteroatoms. The molecule has 0 saturated carbocycles. The monoisotopic (exact) mass is 368 g/mol. The Morgan fingerprint density at radius 3 is 2.48 bits per heavy atom. The molecule has 0 amide bonds. The van der Waals surface area contributed by atoms with E-state index in [0.717, 1.165) is 22.0 Å². The lowest BCUT2D eigenvalue weighted by atomic mass is 10.2. The van der Waals surface area contributed by atoms with Gasteiger partial charge in [0, 0.05) is 5.75 Å². The van der Waals surface area contributed by atoms with Crippen LogP contribution in [-0.2, 0) is 16.9 Å². The van der Waals surface area contributed by atoms with Gasteiger partial charge in [0.05, 0.1) is 7.11 Å². The number of hydrogen-bond donors (Lipinski definition) is 0. The van der Waals surface area contributed by atoms with Crippen molar-refractivity contribution >= 4 is 32.8 Å². The molecule has 0 N–H and O–H groups in total. The maximum Gasteiger partial charge on any atom is 0.153 e. The predicted octanol–water partition coefficient (Wildman–Crippen LogP) is 5.04. The van der Waals surface area contributed by atoms with Crippen LogP contribution in [0.4, 0.5) is 4.39 Å². The summed E-state index contributed by atoms with van der Waals surface area (Å²) in [6.07, 6.45) is 1.91. The second kappa shape index (κ2) is 9.93. The van der Waals surface area contributed by atoms with E-state index >= 15 is 0 Å². The summed E-state index contributed by atoms with van der Waals surface area (Å²) < 4.78 is 29.9. The third-order valence-electron chi connectivity index (χ3n) is 2.93. The van der Waals surface area contributed by atoms with E-state index in [4.69, 9.17) is 4.74 Å². The molecule has 0 fully saturated rings. The van der Waals surface area contributed by atoms with Crippen molar-refractivity contribution in [1.29, 1.82) is 0 Å². The maximum atomic E-state index is 12.8. The Bertz CT molecular complexity index is 615. The molecule has 1 unspecified atom stereocenters. The molecule has 2 aromatic carbocycles. The average molecular weight is 369 g/mol. The first-order chi connectivity index (χ1) is 11.2. The third kappa shape index (κ3) is 6.51. The van der Waals surface area contributed by atoms with E-state index < -0.39 is 11.2 Å². The van der Waals surface area contributed by atoms with Crippen LogP contribution in [-0.4, -0.2) is 17.4 Å². The molecule has 122 valence electrons. The van der Waals surface area contributed by atoms with E-state index in [1.54, 1.807) is 40.8 Å². The van der Waals surface area contributed by atoms with Gasteiger partial charge >= 0.3 is 0 Å². The molecule has 23 heavy (non-hydrogen) atoms. The predicted molar refractivity (Wildman–Crippen MR) is 98.7 cm³/mol. The third-order valence-corrected chi connectivity index (χ3v) is 6.21. The molecule has 0 aromatic heterocycles. The van der Waals surface area contributed by atoms with Crippen LogP contribution in [0.2, 0.25) is 0 Å². The van der Waals surface area contributed by atoms with E-state index in [1.807, 2.05) is 35.7 Å². The minimum absolute atomic E-state index is 0.215. The molecule has 0 saturated heterocycles. The second-order valence-corrected chi connectivity index (χ2v) is 8.31. The summed E-state index contributed by atoms with van der Waals surface area (Å²) in [4.78, 5) is 0.791. The van der Waals surface area contributed by atoms with E-state index in [0.29, 0.717) is 5.75 Å². The van der Waals surface area contributed by atoms with Crippen molar-refractivity contribution in [3.05, 3.63) is 71.4 Å². The van der Waals surface area contributed by atoms with Gasteiger partial charge in [0.15, 0.2) is 4.90 Å². The number of rotatable bonds is 8. The first-order valence-corrected chi connectivity index (χ1v) is 10.6. The standard InChI is InChI=1S/C17H17FO2S3/c1-20-16-7-9-17(10-8-16)23(19)12-2-11-21-22-13-14-3-5-15(18)6-4-14/h2-11H,12-13H2,1H3. The van der Waals surface area contributed by atoms with Crippen molar-refractivity contribution in [2.45, 2.75) is 10.6 Å². The fraction of sp³-hybridized carbons (Fsp3) is 0.176. The van der Waals surface area contributed by atoms with Crippen molar-refractivity contribution in [2.75, 3.05) is 12.9 Å². The smallest absolute Gasteiger partial charge is 0.153 e. The highest BCUT2D eigenvalue weighted by Crippen LogP contribution is 2.27. The van der Waals surface area contributed by atoms with Gasteiger partial charge in [0.2, 0.25) is 0 Å². The summed E-state index contributed by atoms with van der Waals surface area (Å²) in [7, 11) is 4.85. The minimum atomic E-state index is -1.04. The summed E-state index contributed by atoms with van der Waals surface area (Å²) in [5, 5.41) is 1.94. The SMILES string of the molecule is COc1ccc([S+]([O-])CC=CSSCc2ccc(F)cc2)cc1. The molecule has 2 nitrogen and oxygen atoms in total. The summed E-state index contributed by atoms with van der Waals surface area (Å²) in [6, 6.07) is 13.8. The Morgan fingerprint density at radius 1 is 1.13 bits per heavy atom. The van der Waals surface area contributed by atoms with E-state index in [-0.39, 0.29) is 5.82 Å². The van der Waals surface area contributed by atoms with Gasteiger partial charge in [-0.1, -0.05) is 33.7 Å². The topological polar surface area (TPSA) is 32.3 Å². The van der Waals surface area contributed by atoms with Gasteiger partial charge in [-0.25, -0.2) is 4.39 Å². The van der Waals surface area contributed by atoms with Gasteiger partial charge in [-0.3, -0.25) is 0 Å². The van der Waals surface area contributed by atoms with Crippen molar-refractivity contribution in [3.8, 4) is 5.75 Å². The molecule has 0 aliphatic heterocycles. The zero-order valence-electron chi connectivity index (χ0n) is 12.6. The van der Waals surface area contributed by atoms with Crippen molar-refractivity contribution in [1.82, 2.24) is 0 Å². The van der Waals surface area contributed by atoms with Crippen molar-refractivity contribution < 1.29 is 13.7 Å². The quantitative estimate of drug-likeness (QED) is 0.371. The lowest BCUT2D eigenvalue weighted by molar-refractivity contribution is 0.414. The summed E-state index contributed by atoms with van der Waals surface area (Å²) in [5.41, 5.74) is 1.08. The molecule has 2 aromatic rings. The van der Waals surface area contributed by atoms with Crippen LogP contribution in [0, 0.1) is 5.82 Å². The largest absolute Gasteiger partial charge is 0.611 e. The van der Waals surface area contributed by atoms with Crippen LogP contribution in [0.15, 0.2) is 64.9 Å². The zero-order chi connectivity index (χ0) is 16.5. The highest BCUT2D eigenvalue weighted by molar-refractivity contribution is 8.77. The maximum absolute atomic E-state index is 12.8. The number of hydrogen-bond acceptors (Lipinski definition) is 4. The highest BCUT2D eigenvalue weighted by Gasteiger charge is 2.08. The van der Waals surface area contributed by atoms with Gasteiger partial charge < -0.3 is 9.29 Å². The summed E-state index contributed by atoms with van der Waals surface area (Å²) in [6.45, 7) is 0. The molecule has 0 aliphatic rings. The average Bonchev–Trinajstić information content (AvgIpc) is 2.59. The fourth-order valence-corrected chi connectivity index (χ4v) is 4.47. The van der Waals surface area contributed by atoms with E-state index in [2.05, 4.69) is 0 Å². The van der Waals surface area contributed by atoms with Gasteiger partial charge in [-0.05, 0) is 64.6 Å². The second-order valence-electron chi connectivity index (χ2n) is 4.54. The van der Waals surface area contributed by atoms with Crippen LogP contribution in [0.5, 0.6) is 5.75 Å².